The number of benzene rings is 1. The van der Waals surface area contributed by atoms with Crippen LogP contribution in [0.1, 0.15) is 23.6 Å². The van der Waals surface area contributed by atoms with Gasteiger partial charge in [0.2, 0.25) is 0 Å². The lowest BCUT2D eigenvalue weighted by Crippen LogP contribution is -2.07. The number of phenolic OH excluding ortho intramolecular Hbond substituents is 1. The van der Waals surface area contributed by atoms with Crippen molar-refractivity contribution in [1.29, 1.82) is 0 Å². The van der Waals surface area contributed by atoms with Crippen LogP contribution in [-0.4, -0.2) is 10.1 Å². The van der Waals surface area contributed by atoms with Crippen molar-refractivity contribution in [3.8, 4) is 5.75 Å². The van der Waals surface area contributed by atoms with Gasteiger partial charge in [0, 0.05) is 6.20 Å². The van der Waals surface area contributed by atoms with Gasteiger partial charge >= 0.3 is 0 Å². The minimum absolute atomic E-state index is 0.238. The maximum Gasteiger partial charge on any atom is 0.152 e. The summed E-state index contributed by atoms with van der Waals surface area (Å²) in [6, 6.07) is 9.56. The highest BCUT2D eigenvalue weighted by molar-refractivity contribution is 6.31. The third-order valence-corrected chi connectivity index (χ3v) is 3.59. The summed E-state index contributed by atoms with van der Waals surface area (Å²) in [6.07, 6.45) is 3.65. The zero-order valence-electron chi connectivity index (χ0n) is 9.73. The molecule has 1 unspecified atom stereocenters. The molecule has 3 rings (SSSR count). The number of nitrogens with one attached hydrogen (secondary N) is 1. The van der Waals surface area contributed by atoms with E-state index in [4.69, 9.17) is 11.6 Å². The lowest BCUT2D eigenvalue weighted by molar-refractivity contribution is 0.474. The maximum absolute atomic E-state index is 9.46. The first kappa shape index (κ1) is 11.4. The predicted molar refractivity (Wildman–Crippen MR) is 72.0 cm³/mol. The molecule has 1 aromatic carbocycles. The van der Waals surface area contributed by atoms with E-state index in [-0.39, 0.29) is 6.04 Å². The number of phenols is 1. The van der Waals surface area contributed by atoms with Crippen LogP contribution in [0, 0.1) is 0 Å². The number of halogens is 1. The van der Waals surface area contributed by atoms with Gasteiger partial charge < -0.3 is 10.4 Å². The third-order valence-electron chi connectivity index (χ3n) is 3.29. The van der Waals surface area contributed by atoms with Gasteiger partial charge in [-0.2, -0.15) is 0 Å². The van der Waals surface area contributed by atoms with Crippen molar-refractivity contribution in [3.63, 3.8) is 0 Å². The number of aromatic hydroxyl groups is 1. The van der Waals surface area contributed by atoms with Gasteiger partial charge in [-0.15, -0.1) is 0 Å². The van der Waals surface area contributed by atoms with Crippen LogP contribution in [0.4, 0.5) is 5.69 Å². The van der Waals surface area contributed by atoms with Crippen LogP contribution in [0.3, 0.4) is 0 Å². The van der Waals surface area contributed by atoms with Gasteiger partial charge in [0.05, 0.1) is 11.7 Å². The SMILES string of the molecule is Oc1ccc2c(c1)CCC2Nc1cccnc1Cl. The van der Waals surface area contributed by atoms with Crippen LogP contribution >= 0.6 is 11.6 Å². The van der Waals surface area contributed by atoms with E-state index < -0.39 is 0 Å². The van der Waals surface area contributed by atoms with Gasteiger partial charge in [0.25, 0.3) is 0 Å². The molecule has 0 bridgehead atoms. The molecule has 1 atom stereocenters. The molecule has 0 fully saturated rings. The summed E-state index contributed by atoms with van der Waals surface area (Å²) in [7, 11) is 0. The van der Waals surface area contributed by atoms with E-state index in [1.807, 2.05) is 24.3 Å². The number of rotatable bonds is 2. The fourth-order valence-corrected chi connectivity index (χ4v) is 2.61. The molecule has 18 heavy (non-hydrogen) atoms. The van der Waals surface area contributed by atoms with Crippen molar-refractivity contribution in [1.82, 2.24) is 4.98 Å². The summed E-state index contributed by atoms with van der Waals surface area (Å²) in [5.74, 6) is 0.328. The van der Waals surface area contributed by atoms with Crippen LogP contribution in [0.5, 0.6) is 5.75 Å². The molecule has 0 amide bonds. The summed E-state index contributed by atoms with van der Waals surface area (Å²) >= 11 is 6.04. The lowest BCUT2D eigenvalue weighted by Gasteiger charge is -2.16. The Kier molecular flexibility index (Phi) is 2.84. The highest BCUT2D eigenvalue weighted by Crippen LogP contribution is 2.36. The number of aryl methyl sites for hydroxylation is 1. The molecule has 2 aromatic rings. The summed E-state index contributed by atoms with van der Waals surface area (Å²) in [6.45, 7) is 0. The average molecular weight is 261 g/mol. The first-order valence-corrected chi connectivity index (χ1v) is 6.30. The van der Waals surface area contributed by atoms with E-state index in [1.54, 1.807) is 12.3 Å². The van der Waals surface area contributed by atoms with Crippen molar-refractivity contribution in [3.05, 3.63) is 52.8 Å². The number of nitrogens with zero attached hydrogens (tertiary/aromatic N) is 1. The largest absolute Gasteiger partial charge is 0.508 e. The molecule has 1 heterocycles. The molecule has 2 N–H and O–H groups in total. The van der Waals surface area contributed by atoms with Crippen molar-refractivity contribution in [2.24, 2.45) is 0 Å². The zero-order chi connectivity index (χ0) is 12.5. The summed E-state index contributed by atoms with van der Waals surface area (Å²) in [5.41, 5.74) is 3.28. The number of anilines is 1. The molecule has 0 radical (unpaired) electrons. The number of hydrogen-bond donors (Lipinski definition) is 2. The summed E-state index contributed by atoms with van der Waals surface area (Å²) in [4.78, 5) is 4.05. The summed E-state index contributed by atoms with van der Waals surface area (Å²) < 4.78 is 0. The van der Waals surface area contributed by atoms with Crippen LogP contribution in [0.2, 0.25) is 5.15 Å². The van der Waals surface area contributed by atoms with Crippen molar-refractivity contribution >= 4 is 17.3 Å². The van der Waals surface area contributed by atoms with E-state index in [1.165, 1.54) is 11.1 Å². The van der Waals surface area contributed by atoms with Gasteiger partial charge in [-0.3, -0.25) is 0 Å². The van der Waals surface area contributed by atoms with Gasteiger partial charge in [-0.1, -0.05) is 17.7 Å². The standard InChI is InChI=1S/C14H13ClN2O/c15-14-13(2-1-7-16-14)17-12-6-3-9-8-10(18)4-5-11(9)12/h1-2,4-5,7-8,12,17-18H,3,6H2. The van der Waals surface area contributed by atoms with Crippen LogP contribution in [0.15, 0.2) is 36.5 Å². The van der Waals surface area contributed by atoms with Gasteiger partial charge in [0.1, 0.15) is 5.75 Å². The highest BCUT2D eigenvalue weighted by Gasteiger charge is 2.23. The van der Waals surface area contributed by atoms with Crippen LogP contribution in [-0.2, 0) is 6.42 Å². The molecule has 0 spiro atoms. The normalized spacial score (nSPS) is 17.5. The molecule has 0 aliphatic heterocycles. The van der Waals surface area contributed by atoms with E-state index >= 15 is 0 Å². The lowest BCUT2D eigenvalue weighted by atomic mass is 10.1. The first-order valence-electron chi connectivity index (χ1n) is 5.93. The maximum atomic E-state index is 9.46. The second kappa shape index (κ2) is 4.50. The molecule has 4 heteroatoms. The van der Waals surface area contributed by atoms with Crippen molar-refractivity contribution < 1.29 is 5.11 Å². The van der Waals surface area contributed by atoms with E-state index in [0.717, 1.165) is 18.5 Å². The minimum atomic E-state index is 0.238. The molecule has 1 aromatic heterocycles. The average Bonchev–Trinajstić information content (AvgIpc) is 2.74. The topological polar surface area (TPSA) is 45.1 Å². The number of aromatic nitrogens is 1. The fourth-order valence-electron chi connectivity index (χ4n) is 2.44. The Morgan fingerprint density at radius 2 is 2.22 bits per heavy atom. The van der Waals surface area contributed by atoms with Gasteiger partial charge in [0.15, 0.2) is 5.15 Å². The molecular formula is C14H13ClN2O. The van der Waals surface area contributed by atoms with E-state index in [0.29, 0.717) is 10.9 Å². The van der Waals surface area contributed by atoms with Crippen LogP contribution < -0.4 is 5.32 Å². The number of fused-ring (bicyclic) bond motifs is 1. The quantitative estimate of drug-likeness (QED) is 0.812. The Morgan fingerprint density at radius 3 is 3.06 bits per heavy atom. The molecule has 3 nitrogen and oxygen atoms in total. The molecule has 0 saturated heterocycles. The number of pyridine rings is 1. The third kappa shape index (κ3) is 2.02. The van der Waals surface area contributed by atoms with E-state index in [9.17, 15) is 5.11 Å². The molecule has 0 saturated carbocycles. The Bertz CT molecular complexity index is 586. The Hall–Kier alpha value is -1.74. The molecular weight excluding hydrogens is 248 g/mol. The Labute approximate surface area is 110 Å². The summed E-state index contributed by atoms with van der Waals surface area (Å²) in [5, 5.41) is 13.4. The second-order valence-electron chi connectivity index (χ2n) is 4.46. The predicted octanol–water partition coefficient (Wildman–Crippen LogP) is 3.54. The molecule has 1 aliphatic carbocycles. The molecule has 92 valence electrons. The van der Waals surface area contributed by atoms with Gasteiger partial charge in [-0.25, -0.2) is 4.98 Å². The monoisotopic (exact) mass is 260 g/mol. The first-order chi connectivity index (χ1) is 8.74. The Balaban J connectivity index is 1.87. The van der Waals surface area contributed by atoms with E-state index in [2.05, 4.69) is 10.3 Å². The number of hydrogen-bond acceptors (Lipinski definition) is 3. The Morgan fingerprint density at radius 1 is 1.33 bits per heavy atom. The molecule has 1 aliphatic rings. The minimum Gasteiger partial charge on any atom is -0.508 e. The van der Waals surface area contributed by atoms with Gasteiger partial charge in [-0.05, 0) is 48.2 Å². The second-order valence-corrected chi connectivity index (χ2v) is 4.82. The fraction of sp³-hybridized carbons (Fsp3) is 0.214. The van der Waals surface area contributed by atoms with Crippen molar-refractivity contribution in [2.45, 2.75) is 18.9 Å². The highest BCUT2D eigenvalue weighted by atomic mass is 35.5. The van der Waals surface area contributed by atoms with Crippen LogP contribution in [0.25, 0.3) is 0 Å². The smallest absolute Gasteiger partial charge is 0.152 e. The van der Waals surface area contributed by atoms with Crippen molar-refractivity contribution in [2.75, 3.05) is 5.32 Å². The zero-order valence-corrected chi connectivity index (χ0v) is 10.5.